The fourth-order valence-electron chi connectivity index (χ4n) is 2.33. The molecule has 0 radical (unpaired) electrons. The number of nitrogens with one attached hydrogen (secondary N) is 1. The van der Waals surface area contributed by atoms with Gasteiger partial charge in [0.15, 0.2) is 0 Å². The molecule has 1 aromatic heterocycles. The molecule has 0 saturated heterocycles. The Morgan fingerprint density at radius 1 is 1.35 bits per heavy atom. The lowest BCUT2D eigenvalue weighted by atomic mass is 10.1. The van der Waals surface area contributed by atoms with Crippen LogP contribution in [0.4, 0.5) is 0 Å². The summed E-state index contributed by atoms with van der Waals surface area (Å²) in [6.45, 7) is 2.51. The summed E-state index contributed by atoms with van der Waals surface area (Å²) in [5.74, 6) is 2.16. The first kappa shape index (κ1) is 13.4. The van der Waals surface area contributed by atoms with E-state index < -0.39 is 0 Å². The third-order valence-electron chi connectivity index (χ3n) is 3.29. The van der Waals surface area contributed by atoms with E-state index in [2.05, 4.69) is 9.97 Å². The Balaban J connectivity index is 2.04. The number of H-pyrrole nitrogens is 1. The van der Waals surface area contributed by atoms with Crippen molar-refractivity contribution in [3.63, 3.8) is 0 Å². The number of thioether (sulfide) groups is 1. The molecular weight excluding hydrogens is 272 g/mol. The molecule has 3 rings (SSSR count). The van der Waals surface area contributed by atoms with Gasteiger partial charge in [-0.2, -0.15) is 11.8 Å². The van der Waals surface area contributed by atoms with E-state index in [1.807, 2.05) is 37.3 Å². The van der Waals surface area contributed by atoms with Crippen LogP contribution in [0.1, 0.15) is 35.7 Å². The molecule has 1 atom stereocenters. The summed E-state index contributed by atoms with van der Waals surface area (Å²) in [5.41, 5.74) is 2.68. The Labute approximate surface area is 121 Å². The molecule has 1 N–H and O–H groups in total. The minimum Gasteiger partial charge on any atom is -0.366 e. The molecule has 1 unspecified atom stereocenters. The second kappa shape index (κ2) is 5.81. The van der Waals surface area contributed by atoms with E-state index in [0.717, 1.165) is 28.3 Å². The normalized spacial score (nSPS) is 15.1. The number of aromatic nitrogens is 2. The van der Waals surface area contributed by atoms with Gasteiger partial charge >= 0.3 is 0 Å². The largest absolute Gasteiger partial charge is 0.366 e. The Morgan fingerprint density at radius 3 is 2.90 bits per heavy atom. The van der Waals surface area contributed by atoms with Gasteiger partial charge in [0.2, 0.25) is 0 Å². The Morgan fingerprint density at radius 2 is 2.15 bits per heavy atom. The lowest BCUT2D eigenvalue weighted by Crippen LogP contribution is -2.21. The van der Waals surface area contributed by atoms with Crippen molar-refractivity contribution in [2.24, 2.45) is 0 Å². The SMILES string of the molecule is CCOC(c1ccccc1)c1nc2c(c(=O)[nH]1)CSC2. The summed E-state index contributed by atoms with van der Waals surface area (Å²) in [5, 5.41) is 0. The van der Waals surface area contributed by atoms with Crippen molar-refractivity contribution in [3.05, 3.63) is 63.3 Å². The minimum atomic E-state index is -0.315. The van der Waals surface area contributed by atoms with Crippen molar-refractivity contribution >= 4 is 11.8 Å². The predicted molar refractivity (Wildman–Crippen MR) is 79.8 cm³/mol. The van der Waals surface area contributed by atoms with Gasteiger partial charge in [-0.25, -0.2) is 4.98 Å². The third kappa shape index (κ3) is 2.51. The number of hydrogen-bond acceptors (Lipinski definition) is 4. The zero-order chi connectivity index (χ0) is 13.9. The molecule has 1 aliphatic rings. The standard InChI is InChI=1S/C15H16N2O2S/c1-2-19-13(10-6-4-3-5-7-10)14-16-12-9-20-8-11(12)15(18)17-14/h3-7,13H,2,8-9H2,1H3,(H,16,17,18). The van der Waals surface area contributed by atoms with Crippen LogP contribution < -0.4 is 5.56 Å². The van der Waals surface area contributed by atoms with Crippen LogP contribution in [0.2, 0.25) is 0 Å². The highest BCUT2D eigenvalue weighted by atomic mass is 32.2. The molecule has 4 nitrogen and oxygen atoms in total. The monoisotopic (exact) mass is 288 g/mol. The van der Waals surface area contributed by atoms with Gasteiger partial charge in [-0.15, -0.1) is 0 Å². The second-order valence-electron chi connectivity index (χ2n) is 4.62. The van der Waals surface area contributed by atoms with Crippen molar-refractivity contribution in [2.45, 2.75) is 24.5 Å². The molecule has 2 aromatic rings. The number of aromatic amines is 1. The van der Waals surface area contributed by atoms with Gasteiger partial charge in [0.1, 0.15) is 11.9 Å². The first-order valence-electron chi connectivity index (χ1n) is 6.66. The summed E-state index contributed by atoms with van der Waals surface area (Å²) < 4.78 is 5.79. The summed E-state index contributed by atoms with van der Waals surface area (Å²) in [4.78, 5) is 19.6. The number of nitrogens with zero attached hydrogens (tertiary/aromatic N) is 1. The number of ether oxygens (including phenoxy) is 1. The summed E-state index contributed by atoms with van der Waals surface area (Å²) >= 11 is 1.72. The topological polar surface area (TPSA) is 55.0 Å². The van der Waals surface area contributed by atoms with Crippen molar-refractivity contribution in [3.8, 4) is 0 Å². The summed E-state index contributed by atoms with van der Waals surface area (Å²) in [6.07, 6.45) is -0.315. The lowest BCUT2D eigenvalue weighted by Gasteiger charge is -2.17. The van der Waals surface area contributed by atoms with Gasteiger partial charge in [-0.05, 0) is 12.5 Å². The molecule has 0 fully saturated rings. The fourth-order valence-corrected chi connectivity index (χ4v) is 3.37. The van der Waals surface area contributed by atoms with E-state index >= 15 is 0 Å². The molecule has 0 bridgehead atoms. The molecule has 0 aliphatic carbocycles. The molecule has 0 saturated carbocycles. The molecule has 2 heterocycles. The maximum atomic E-state index is 12.1. The van der Waals surface area contributed by atoms with Crippen LogP contribution in [-0.2, 0) is 16.2 Å². The van der Waals surface area contributed by atoms with Gasteiger partial charge in [-0.1, -0.05) is 30.3 Å². The average molecular weight is 288 g/mol. The van der Waals surface area contributed by atoms with E-state index in [9.17, 15) is 4.79 Å². The van der Waals surface area contributed by atoms with E-state index in [1.54, 1.807) is 11.8 Å². The van der Waals surface area contributed by atoms with Gasteiger partial charge in [0, 0.05) is 23.7 Å². The molecule has 0 amide bonds. The van der Waals surface area contributed by atoms with Crippen LogP contribution in [0.5, 0.6) is 0 Å². The molecule has 1 aliphatic heterocycles. The molecular formula is C15H16N2O2S. The summed E-state index contributed by atoms with van der Waals surface area (Å²) in [7, 11) is 0. The van der Waals surface area contributed by atoms with Crippen molar-refractivity contribution in [1.29, 1.82) is 0 Å². The van der Waals surface area contributed by atoms with Crippen molar-refractivity contribution < 1.29 is 4.74 Å². The highest BCUT2D eigenvalue weighted by Gasteiger charge is 2.22. The third-order valence-corrected chi connectivity index (χ3v) is 4.26. The van der Waals surface area contributed by atoms with Crippen LogP contribution in [-0.4, -0.2) is 16.6 Å². The molecule has 104 valence electrons. The van der Waals surface area contributed by atoms with E-state index in [0.29, 0.717) is 12.4 Å². The molecule has 20 heavy (non-hydrogen) atoms. The van der Waals surface area contributed by atoms with Crippen LogP contribution in [0.15, 0.2) is 35.1 Å². The van der Waals surface area contributed by atoms with E-state index in [-0.39, 0.29) is 11.7 Å². The summed E-state index contributed by atoms with van der Waals surface area (Å²) in [6, 6.07) is 9.86. The zero-order valence-electron chi connectivity index (χ0n) is 11.3. The fraction of sp³-hybridized carbons (Fsp3) is 0.333. The maximum Gasteiger partial charge on any atom is 0.255 e. The Hall–Kier alpha value is -1.59. The van der Waals surface area contributed by atoms with E-state index in [4.69, 9.17) is 4.74 Å². The van der Waals surface area contributed by atoms with Crippen molar-refractivity contribution in [2.75, 3.05) is 6.61 Å². The Bertz CT molecular complexity index is 655. The van der Waals surface area contributed by atoms with Gasteiger partial charge < -0.3 is 9.72 Å². The molecule has 5 heteroatoms. The van der Waals surface area contributed by atoms with Crippen LogP contribution >= 0.6 is 11.8 Å². The van der Waals surface area contributed by atoms with Gasteiger partial charge in [0.05, 0.1) is 5.69 Å². The highest BCUT2D eigenvalue weighted by molar-refractivity contribution is 7.98. The van der Waals surface area contributed by atoms with E-state index in [1.165, 1.54) is 0 Å². The van der Waals surface area contributed by atoms with Crippen LogP contribution in [0.25, 0.3) is 0 Å². The highest BCUT2D eigenvalue weighted by Crippen LogP contribution is 2.28. The first-order chi connectivity index (χ1) is 9.79. The van der Waals surface area contributed by atoms with Gasteiger partial charge in [-0.3, -0.25) is 4.79 Å². The van der Waals surface area contributed by atoms with Crippen molar-refractivity contribution in [1.82, 2.24) is 9.97 Å². The maximum absolute atomic E-state index is 12.1. The van der Waals surface area contributed by atoms with Crippen LogP contribution in [0.3, 0.4) is 0 Å². The zero-order valence-corrected chi connectivity index (χ0v) is 12.1. The number of benzene rings is 1. The number of fused-ring (bicyclic) bond motifs is 1. The predicted octanol–water partition coefficient (Wildman–Crippen LogP) is 2.64. The number of rotatable bonds is 4. The number of hydrogen-bond donors (Lipinski definition) is 1. The lowest BCUT2D eigenvalue weighted by molar-refractivity contribution is 0.0848. The Kier molecular flexibility index (Phi) is 3.89. The van der Waals surface area contributed by atoms with Crippen LogP contribution in [0, 0.1) is 0 Å². The first-order valence-corrected chi connectivity index (χ1v) is 7.81. The van der Waals surface area contributed by atoms with Gasteiger partial charge in [0.25, 0.3) is 5.56 Å². The molecule has 1 aromatic carbocycles. The second-order valence-corrected chi connectivity index (χ2v) is 5.60. The smallest absolute Gasteiger partial charge is 0.255 e. The minimum absolute atomic E-state index is 0.0318. The average Bonchev–Trinajstić information content (AvgIpc) is 2.94. The quantitative estimate of drug-likeness (QED) is 0.939. The molecule has 0 spiro atoms.